The molecule has 1 heterocycles. The molecule has 0 bridgehead atoms. The van der Waals surface area contributed by atoms with E-state index < -0.39 is 0 Å². The Balaban J connectivity index is 1.48. The minimum absolute atomic E-state index is 0.272. The second-order valence-electron chi connectivity index (χ2n) is 7.01. The number of benzene rings is 2. The fraction of sp³-hybridized carbons (Fsp3) is 0.455. The molecule has 0 spiro atoms. The molecule has 1 N–H and O–H groups in total. The summed E-state index contributed by atoms with van der Waals surface area (Å²) in [5, 5.41) is 3.95. The van der Waals surface area contributed by atoms with Crippen molar-refractivity contribution in [3.05, 3.63) is 58.4 Å². The molecule has 158 valence electrons. The molecule has 29 heavy (non-hydrogen) atoms. The van der Waals surface area contributed by atoms with Crippen LogP contribution in [0.3, 0.4) is 0 Å². The number of morpholine rings is 1. The number of nitrogens with zero attached hydrogens (tertiary/aromatic N) is 1. The fourth-order valence-electron chi connectivity index (χ4n) is 3.24. The monoisotopic (exact) mass is 422 g/mol. The molecule has 5 nitrogen and oxygen atoms in total. The molecule has 0 radical (unpaired) electrons. The van der Waals surface area contributed by atoms with Crippen molar-refractivity contribution in [1.29, 1.82) is 0 Å². The van der Waals surface area contributed by atoms with E-state index in [-0.39, 0.29) is 12.4 Å². The summed E-state index contributed by atoms with van der Waals surface area (Å²) < 4.78 is 29.7. The van der Waals surface area contributed by atoms with Crippen LogP contribution in [0.15, 0.2) is 36.4 Å². The predicted octanol–water partition coefficient (Wildman–Crippen LogP) is 3.88. The van der Waals surface area contributed by atoms with Crippen LogP contribution >= 0.6 is 11.6 Å². The molecule has 1 fully saturated rings. The van der Waals surface area contributed by atoms with Crippen molar-refractivity contribution in [1.82, 2.24) is 10.2 Å². The van der Waals surface area contributed by atoms with E-state index in [1.54, 1.807) is 19.2 Å². The first-order chi connectivity index (χ1) is 14.2. The Morgan fingerprint density at radius 3 is 2.62 bits per heavy atom. The van der Waals surface area contributed by atoms with Gasteiger partial charge in [0.05, 0.1) is 25.3 Å². The maximum atomic E-state index is 13.0. The highest BCUT2D eigenvalue weighted by molar-refractivity contribution is 6.32. The van der Waals surface area contributed by atoms with E-state index in [0.29, 0.717) is 23.1 Å². The largest absolute Gasteiger partial charge is 0.493 e. The minimum atomic E-state index is -0.272. The highest BCUT2D eigenvalue weighted by atomic mass is 35.5. The zero-order chi connectivity index (χ0) is 20.5. The van der Waals surface area contributed by atoms with Crippen LogP contribution < -0.4 is 14.8 Å². The molecule has 1 aliphatic heterocycles. The molecule has 0 aromatic heterocycles. The molecule has 0 unspecified atom stereocenters. The third kappa shape index (κ3) is 6.85. The lowest BCUT2D eigenvalue weighted by Gasteiger charge is -2.26. The van der Waals surface area contributed by atoms with Gasteiger partial charge in [0, 0.05) is 19.6 Å². The Morgan fingerprint density at radius 2 is 1.90 bits per heavy atom. The maximum absolute atomic E-state index is 13.0. The smallest absolute Gasteiger partial charge is 0.180 e. The normalized spacial score (nSPS) is 14.7. The van der Waals surface area contributed by atoms with E-state index in [4.69, 9.17) is 25.8 Å². The average Bonchev–Trinajstić information content (AvgIpc) is 2.74. The number of ether oxygens (including phenoxy) is 3. The van der Waals surface area contributed by atoms with Gasteiger partial charge < -0.3 is 19.5 Å². The number of halogens is 2. The summed E-state index contributed by atoms with van der Waals surface area (Å²) in [7, 11) is 1.59. The number of nitrogens with one attached hydrogen (secondary N) is 1. The second kappa shape index (κ2) is 11.4. The molecule has 0 aliphatic carbocycles. The number of rotatable bonds is 10. The standard InChI is InChI=1S/C22H28ClFN2O3/c1-27-21-14-18(15-25-7-2-8-26-9-11-28-12-10-26)13-20(23)22(21)29-16-17-3-5-19(24)6-4-17/h3-6,13-14,25H,2,7-12,15-16H2,1H3. The van der Waals surface area contributed by atoms with Gasteiger partial charge in [-0.15, -0.1) is 0 Å². The Bertz CT molecular complexity index is 767. The van der Waals surface area contributed by atoms with Crippen LogP contribution in [0.2, 0.25) is 5.02 Å². The third-order valence-corrected chi connectivity index (χ3v) is 5.13. The summed E-state index contributed by atoms with van der Waals surface area (Å²) >= 11 is 6.44. The molecule has 1 saturated heterocycles. The highest BCUT2D eigenvalue weighted by Crippen LogP contribution is 2.37. The van der Waals surface area contributed by atoms with Crippen molar-refractivity contribution in [3.63, 3.8) is 0 Å². The van der Waals surface area contributed by atoms with Crippen LogP contribution in [0.1, 0.15) is 17.5 Å². The molecule has 7 heteroatoms. The molecule has 2 aromatic rings. The van der Waals surface area contributed by atoms with Gasteiger partial charge in [-0.25, -0.2) is 4.39 Å². The van der Waals surface area contributed by atoms with Gasteiger partial charge in [0.2, 0.25) is 0 Å². The van der Waals surface area contributed by atoms with Crippen molar-refractivity contribution in [2.24, 2.45) is 0 Å². The van der Waals surface area contributed by atoms with Crippen LogP contribution in [-0.2, 0) is 17.9 Å². The summed E-state index contributed by atoms with van der Waals surface area (Å²) in [5.74, 6) is 0.811. The zero-order valence-electron chi connectivity index (χ0n) is 16.8. The van der Waals surface area contributed by atoms with E-state index in [1.165, 1.54) is 12.1 Å². The SMILES string of the molecule is COc1cc(CNCCCN2CCOCC2)cc(Cl)c1OCc1ccc(F)cc1. The van der Waals surface area contributed by atoms with Crippen molar-refractivity contribution in [2.75, 3.05) is 46.5 Å². The first-order valence-corrected chi connectivity index (χ1v) is 10.3. The van der Waals surface area contributed by atoms with Crippen LogP contribution in [0.5, 0.6) is 11.5 Å². The molecule has 1 aliphatic rings. The van der Waals surface area contributed by atoms with E-state index >= 15 is 0 Å². The Labute approximate surface area is 176 Å². The van der Waals surface area contributed by atoms with E-state index in [9.17, 15) is 4.39 Å². The lowest BCUT2D eigenvalue weighted by molar-refractivity contribution is 0.0374. The zero-order valence-corrected chi connectivity index (χ0v) is 17.5. The van der Waals surface area contributed by atoms with E-state index in [2.05, 4.69) is 10.2 Å². The lowest BCUT2D eigenvalue weighted by atomic mass is 10.2. The number of hydrogen-bond donors (Lipinski definition) is 1. The topological polar surface area (TPSA) is 43.0 Å². The summed E-state index contributed by atoms with van der Waals surface area (Å²) in [6, 6.07) is 10.0. The van der Waals surface area contributed by atoms with Gasteiger partial charge in [0.25, 0.3) is 0 Å². The maximum Gasteiger partial charge on any atom is 0.180 e. The predicted molar refractivity (Wildman–Crippen MR) is 112 cm³/mol. The summed E-state index contributed by atoms with van der Waals surface area (Å²) in [6.07, 6.45) is 1.09. The third-order valence-electron chi connectivity index (χ3n) is 4.85. The molecule has 2 aromatic carbocycles. The summed E-state index contributed by atoms with van der Waals surface area (Å²) in [4.78, 5) is 2.43. The highest BCUT2D eigenvalue weighted by Gasteiger charge is 2.13. The van der Waals surface area contributed by atoms with Gasteiger partial charge in [0.1, 0.15) is 12.4 Å². The Morgan fingerprint density at radius 1 is 1.14 bits per heavy atom. The number of hydrogen-bond acceptors (Lipinski definition) is 5. The van der Waals surface area contributed by atoms with Gasteiger partial charge in [-0.2, -0.15) is 0 Å². The van der Waals surface area contributed by atoms with Gasteiger partial charge in [-0.1, -0.05) is 23.7 Å². The molecule has 0 amide bonds. The van der Waals surface area contributed by atoms with Crippen LogP contribution in [0, 0.1) is 5.82 Å². The molecule has 3 rings (SSSR count). The van der Waals surface area contributed by atoms with Crippen molar-refractivity contribution < 1.29 is 18.6 Å². The average molecular weight is 423 g/mol. The summed E-state index contributed by atoms with van der Waals surface area (Å²) in [5.41, 5.74) is 1.89. The van der Waals surface area contributed by atoms with Crippen molar-refractivity contribution in [3.8, 4) is 11.5 Å². The first kappa shape index (κ1) is 21.8. The second-order valence-corrected chi connectivity index (χ2v) is 7.42. The van der Waals surface area contributed by atoms with Crippen molar-refractivity contribution >= 4 is 11.6 Å². The van der Waals surface area contributed by atoms with Gasteiger partial charge in [-0.3, -0.25) is 4.90 Å². The Kier molecular flexibility index (Phi) is 8.55. The van der Waals surface area contributed by atoms with Gasteiger partial charge in [0.15, 0.2) is 11.5 Å². The summed E-state index contributed by atoms with van der Waals surface area (Å²) in [6.45, 7) is 6.71. The molecule has 0 atom stereocenters. The molecule has 0 saturated carbocycles. The van der Waals surface area contributed by atoms with Gasteiger partial charge in [-0.05, 0) is 54.9 Å². The van der Waals surface area contributed by atoms with Crippen LogP contribution in [0.25, 0.3) is 0 Å². The minimum Gasteiger partial charge on any atom is -0.493 e. The quantitative estimate of drug-likeness (QED) is 0.588. The lowest BCUT2D eigenvalue weighted by Crippen LogP contribution is -2.37. The fourth-order valence-corrected chi connectivity index (χ4v) is 3.52. The first-order valence-electron chi connectivity index (χ1n) is 9.90. The Hall–Kier alpha value is -1.86. The van der Waals surface area contributed by atoms with Crippen molar-refractivity contribution in [2.45, 2.75) is 19.6 Å². The van der Waals surface area contributed by atoms with Gasteiger partial charge >= 0.3 is 0 Å². The van der Waals surface area contributed by atoms with E-state index in [1.807, 2.05) is 12.1 Å². The molecular weight excluding hydrogens is 395 g/mol. The van der Waals surface area contributed by atoms with Crippen LogP contribution in [-0.4, -0.2) is 51.4 Å². The molecular formula is C22H28ClFN2O3. The van der Waals surface area contributed by atoms with E-state index in [0.717, 1.165) is 56.9 Å². The van der Waals surface area contributed by atoms with Crippen LogP contribution in [0.4, 0.5) is 4.39 Å². The number of methoxy groups -OCH3 is 1.